The molecule has 2 aromatic rings. The van der Waals surface area contributed by atoms with Gasteiger partial charge in [-0.05, 0) is 20.8 Å². The maximum absolute atomic E-state index is 5.24. The Morgan fingerprint density at radius 3 is 2.52 bits per heavy atom. The fourth-order valence-electron chi connectivity index (χ4n) is 2.79. The van der Waals surface area contributed by atoms with Gasteiger partial charge in [-0.15, -0.1) is 0 Å². The molecule has 1 aliphatic rings. The Kier molecular flexibility index (Phi) is 3.88. The highest BCUT2D eigenvalue weighted by Gasteiger charge is 2.21. The fourth-order valence-corrected chi connectivity index (χ4v) is 2.79. The van der Waals surface area contributed by atoms with Crippen molar-refractivity contribution in [2.75, 3.05) is 31.1 Å². The number of rotatable bonds is 3. The summed E-state index contributed by atoms with van der Waals surface area (Å²) in [5.41, 5.74) is 3.36. The normalized spacial score (nSPS) is 16.4. The highest BCUT2D eigenvalue weighted by atomic mass is 16.5. The van der Waals surface area contributed by atoms with Crippen molar-refractivity contribution in [2.45, 2.75) is 27.3 Å². The summed E-state index contributed by atoms with van der Waals surface area (Å²) >= 11 is 0. The monoisotopic (exact) mass is 287 g/mol. The van der Waals surface area contributed by atoms with E-state index in [2.05, 4.69) is 31.8 Å². The van der Waals surface area contributed by atoms with Crippen LogP contribution < -0.4 is 4.90 Å². The van der Waals surface area contributed by atoms with E-state index >= 15 is 0 Å². The summed E-state index contributed by atoms with van der Waals surface area (Å²) < 4.78 is 5.24. The van der Waals surface area contributed by atoms with Gasteiger partial charge in [0.05, 0.1) is 5.69 Å². The molecule has 6 heteroatoms. The van der Waals surface area contributed by atoms with Gasteiger partial charge in [-0.2, -0.15) is 0 Å². The van der Waals surface area contributed by atoms with Crippen LogP contribution in [0.15, 0.2) is 17.0 Å². The molecule has 1 fully saturated rings. The Bertz CT molecular complexity index is 597. The Hall–Kier alpha value is -1.95. The van der Waals surface area contributed by atoms with E-state index in [0.717, 1.165) is 55.6 Å². The van der Waals surface area contributed by atoms with Crippen LogP contribution in [0.25, 0.3) is 0 Å². The van der Waals surface area contributed by atoms with Crippen molar-refractivity contribution < 1.29 is 4.52 Å². The van der Waals surface area contributed by atoms with E-state index in [0.29, 0.717) is 0 Å². The third-order valence-corrected chi connectivity index (χ3v) is 4.10. The number of piperazine rings is 1. The highest BCUT2D eigenvalue weighted by molar-refractivity contribution is 5.44. The van der Waals surface area contributed by atoms with Gasteiger partial charge < -0.3 is 9.42 Å². The van der Waals surface area contributed by atoms with Crippen molar-refractivity contribution in [3.8, 4) is 0 Å². The number of aromatic nitrogens is 3. The highest BCUT2D eigenvalue weighted by Crippen LogP contribution is 2.19. The molecular weight excluding hydrogens is 266 g/mol. The second kappa shape index (κ2) is 5.81. The second-order valence-electron chi connectivity index (χ2n) is 5.60. The number of anilines is 1. The molecule has 3 heterocycles. The molecular formula is C15H21N5O. The lowest BCUT2D eigenvalue weighted by Gasteiger charge is -2.35. The molecule has 0 N–H and O–H groups in total. The van der Waals surface area contributed by atoms with Crippen molar-refractivity contribution in [1.29, 1.82) is 0 Å². The van der Waals surface area contributed by atoms with Gasteiger partial charge in [0, 0.05) is 50.0 Å². The smallest absolute Gasteiger partial charge is 0.138 e. The maximum atomic E-state index is 5.24. The minimum absolute atomic E-state index is 0.914. The average Bonchev–Trinajstić information content (AvgIpc) is 2.81. The molecule has 0 aliphatic carbocycles. The van der Waals surface area contributed by atoms with E-state index in [1.54, 1.807) is 6.33 Å². The summed E-state index contributed by atoms with van der Waals surface area (Å²) in [4.78, 5) is 13.2. The molecule has 0 aromatic carbocycles. The molecule has 1 saturated heterocycles. The van der Waals surface area contributed by atoms with Gasteiger partial charge in [0.2, 0.25) is 0 Å². The second-order valence-corrected chi connectivity index (χ2v) is 5.60. The van der Waals surface area contributed by atoms with Crippen molar-refractivity contribution >= 4 is 5.82 Å². The van der Waals surface area contributed by atoms with Crippen molar-refractivity contribution in [3.63, 3.8) is 0 Å². The Morgan fingerprint density at radius 2 is 1.90 bits per heavy atom. The average molecular weight is 287 g/mol. The summed E-state index contributed by atoms with van der Waals surface area (Å²) in [7, 11) is 0. The molecule has 1 aliphatic heterocycles. The molecule has 0 bridgehead atoms. The number of aryl methyl sites for hydroxylation is 3. The largest absolute Gasteiger partial charge is 0.361 e. The quantitative estimate of drug-likeness (QED) is 0.856. The first-order valence-corrected chi connectivity index (χ1v) is 7.31. The summed E-state index contributed by atoms with van der Waals surface area (Å²) in [6, 6.07) is 0. The van der Waals surface area contributed by atoms with Gasteiger partial charge in [-0.3, -0.25) is 4.90 Å². The molecule has 2 aromatic heterocycles. The molecule has 0 unspecified atom stereocenters. The third kappa shape index (κ3) is 2.90. The Morgan fingerprint density at radius 1 is 1.14 bits per heavy atom. The van der Waals surface area contributed by atoms with Crippen LogP contribution in [0.5, 0.6) is 0 Å². The van der Waals surface area contributed by atoms with E-state index in [1.165, 1.54) is 5.56 Å². The maximum Gasteiger partial charge on any atom is 0.138 e. The van der Waals surface area contributed by atoms with Gasteiger partial charge >= 0.3 is 0 Å². The van der Waals surface area contributed by atoms with Crippen LogP contribution in [0.1, 0.15) is 22.6 Å². The zero-order valence-electron chi connectivity index (χ0n) is 12.8. The first-order valence-electron chi connectivity index (χ1n) is 7.31. The topological polar surface area (TPSA) is 58.3 Å². The van der Waals surface area contributed by atoms with Crippen LogP contribution in [-0.4, -0.2) is 46.2 Å². The van der Waals surface area contributed by atoms with Gasteiger partial charge in [0.1, 0.15) is 17.9 Å². The van der Waals surface area contributed by atoms with Crippen LogP contribution in [0.2, 0.25) is 0 Å². The third-order valence-electron chi connectivity index (χ3n) is 4.10. The summed E-state index contributed by atoms with van der Waals surface area (Å²) in [6.07, 6.45) is 3.50. The Balaban J connectivity index is 1.62. The van der Waals surface area contributed by atoms with Crippen LogP contribution in [-0.2, 0) is 6.54 Å². The van der Waals surface area contributed by atoms with E-state index in [4.69, 9.17) is 4.52 Å². The molecule has 0 atom stereocenters. The van der Waals surface area contributed by atoms with Crippen molar-refractivity contribution in [3.05, 3.63) is 35.1 Å². The molecule has 0 saturated carbocycles. The van der Waals surface area contributed by atoms with Crippen LogP contribution in [0.3, 0.4) is 0 Å². The molecule has 0 spiro atoms. The molecule has 0 radical (unpaired) electrons. The van der Waals surface area contributed by atoms with Gasteiger partial charge in [-0.1, -0.05) is 5.16 Å². The lowest BCUT2D eigenvalue weighted by molar-refractivity contribution is 0.247. The molecule has 0 amide bonds. The zero-order valence-corrected chi connectivity index (χ0v) is 12.8. The molecule has 3 rings (SSSR count). The molecule has 6 nitrogen and oxygen atoms in total. The van der Waals surface area contributed by atoms with Crippen LogP contribution in [0.4, 0.5) is 5.82 Å². The zero-order chi connectivity index (χ0) is 14.8. The predicted octanol–water partition coefficient (Wildman–Crippen LogP) is 1.71. The first kappa shape index (κ1) is 14.0. The summed E-state index contributed by atoms with van der Waals surface area (Å²) in [6.45, 7) is 11.0. The number of nitrogens with zero attached hydrogens (tertiary/aromatic N) is 5. The fraction of sp³-hybridized carbons (Fsp3) is 0.533. The first-order chi connectivity index (χ1) is 10.1. The minimum Gasteiger partial charge on any atom is -0.361 e. The lowest BCUT2D eigenvalue weighted by atomic mass is 10.1. The number of hydrogen-bond acceptors (Lipinski definition) is 6. The van der Waals surface area contributed by atoms with E-state index in [-0.39, 0.29) is 0 Å². The van der Waals surface area contributed by atoms with E-state index in [1.807, 2.05) is 20.0 Å². The SMILES string of the molecule is Cc1cncnc1N1CCN(Cc2c(C)noc2C)CC1. The van der Waals surface area contributed by atoms with E-state index < -0.39 is 0 Å². The number of hydrogen-bond donors (Lipinski definition) is 0. The Labute approximate surface area is 124 Å². The predicted molar refractivity (Wildman–Crippen MR) is 80.2 cm³/mol. The van der Waals surface area contributed by atoms with E-state index in [9.17, 15) is 0 Å². The summed E-state index contributed by atoms with van der Waals surface area (Å²) in [5, 5.41) is 4.03. The van der Waals surface area contributed by atoms with Crippen LogP contribution in [0, 0.1) is 20.8 Å². The minimum atomic E-state index is 0.914. The molecule has 21 heavy (non-hydrogen) atoms. The van der Waals surface area contributed by atoms with Gasteiger partial charge in [0.25, 0.3) is 0 Å². The van der Waals surface area contributed by atoms with Gasteiger partial charge in [0.15, 0.2) is 0 Å². The summed E-state index contributed by atoms with van der Waals surface area (Å²) in [5.74, 6) is 1.99. The lowest BCUT2D eigenvalue weighted by Crippen LogP contribution is -2.46. The molecule has 112 valence electrons. The van der Waals surface area contributed by atoms with Crippen molar-refractivity contribution in [1.82, 2.24) is 20.0 Å². The van der Waals surface area contributed by atoms with Crippen molar-refractivity contribution in [2.24, 2.45) is 0 Å². The van der Waals surface area contributed by atoms with Gasteiger partial charge in [-0.25, -0.2) is 9.97 Å². The standard InChI is InChI=1S/C15H21N5O/c1-11-8-16-10-17-15(11)20-6-4-19(5-7-20)9-14-12(2)18-21-13(14)3/h8,10H,4-7,9H2,1-3H3. The van der Waals surface area contributed by atoms with Crippen LogP contribution >= 0.6 is 0 Å².